The van der Waals surface area contributed by atoms with Crippen LogP contribution in [0.4, 0.5) is 4.79 Å². The van der Waals surface area contributed by atoms with E-state index in [1.54, 1.807) is 25.1 Å². The number of halogens is 2. The molecular weight excluding hydrogens is 301 g/mol. The van der Waals surface area contributed by atoms with Gasteiger partial charge in [-0.3, -0.25) is 4.79 Å². The van der Waals surface area contributed by atoms with Crippen LogP contribution in [0.1, 0.15) is 25.8 Å². The van der Waals surface area contributed by atoms with E-state index in [-0.39, 0.29) is 0 Å². The number of benzene rings is 1. The number of rotatable bonds is 3. The molecule has 1 aliphatic heterocycles. The molecule has 7 heteroatoms. The lowest BCUT2D eigenvalue weighted by Gasteiger charge is -2.17. The van der Waals surface area contributed by atoms with Crippen molar-refractivity contribution in [3.63, 3.8) is 0 Å². The maximum absolute atomic E-state index is 12.1. The molecule has 0 bridgehead atoms. The Morgan fingerprint density at radius 1 is 1.35 bits per heavy atom. The zero-order chi connectivity index (χ0) is 14.9. The van der Waals surface area contributed by atoms with Crippen LogP contribution in [0.25, 0.3) is 0 Å². The van der Waals surface area contributed by atoms with Crippen molar-refractivity contribution in [2.24, 2.45) is 5.10 Å². The number of hydrazone groups is 1. The molecule has 20 heavy (non-hydrogen) atoms. The summed E-state index contributed by atoms with van der Waals surface area (Å²) < 4.78 is 0. The van der Waals surface area contributed by atoms with E-state index in [1.807, 2.05) is 6.92 Å². The SMILES string of the molecule is CC[C@@]1(C)NC(=O)N(N=Cc2c(Cl)cccc2Cl)C1=O. The molecule has 1 N–H and O–H groups in total. The molecular formula is C13H13Cl2N3O2. The number of hydrogen-bond donors (Lipinski definition) is 1. The molecule has 1 aliphatic rings. The first kappa shape index (κ1) is 14.8. The third kappa shape index (κ3) is 2.51. The van der Waals surface area contributed by atoms with Crippen LogP contribution in [0.5, 0.6) is 0 Å². The minimum Gasteiger partial charge on any atom is -0.322 e. The van der Waals surface area contributed by atoms with Gasteiger partial charge in [0.05, 0.1) is 16.3 Å². The molecule has 0 radical (unpaired) electrons. The fraction of sp³-hybridized carbons (Fsp3) is 0.308. The number of hydrogen-bond acceptors (Lipinski definition) is 3. The van der Waals surface area contributed by atoms with E-state index < -0.39 is 17.5 Å². The van der Waals surface area contributed by atoms with E-state index in [2.05, 4.69) is 10.4 Å². The lowest BCUT2D eigenvalue weighted by Crippen LogP contribution is -2.42. The number of imide groups is 1. The number of amides is 3. The quantitative estimate of drug-likeness (QED) is 0.688. The van der Waals surface area contributed by atoms with E-state index in [1.165, 1.54) is 6.21 Å². The van der Waals surface area contributed by atoms with E-state index in [4.69, 9.17) is 23.2 Å². The van der Waals surface area contributed by atoms with Crippen molar-refractivity contribution in [1.29, 1.82) is 0 Å². The van der Waals surface area contributed by atoms with E-state index >= 15 is 0 Å². The van der Waals surface area contributed by atoms with Gasteiger partial charge in [-0.1, -0.05) is 36.2 Å². The van der Waals surface area contributed by atoms with Crippen molar-refractivity contribution in [3.8, 4) is 0 Å². The molecule has 0 spiro atoms. The molecule has 0 aliphatic carbocycles. The first-order chi connectivity index (χ1) is 9.39. The highest BCUT2D eigenvalue weighted by atomic mass is 35.5. The highest BCUT2D eigenvalue weighted by Crippen LogP contribution is 2.24. The largest absolute Gasteiger partial charge is 0.346 e. The van der Waals surface area contributed by atoms with Gasteiger partial charge in [-0.25, -0.2) is 4.79 Å². The van der Waals surface area contributed by atoms with E-state index in [0.717, 1.165) is 5.01 Å². The molecule has 0 unspecified atom stereocenters. The van der Waals surface area contributed by atoms with Crippen LogP contribution in [0.15, 0.2) is 23.3 Å². The van der Waals surface area contributed by atoms with Gasteiger partial charge in [0.15, 0.2) is 0 Å². The van der Waals surface area contributed by atoms with Crippen molar-refractivity contribution >= 4 is 41.4 Å². The van der Waals surface area contributed by atoms with Gasteiger partial charge in [0.25, 0.3) is 5.91 Å². The summed E-state index contributed by atoms with van der Waals surface area (Å²) in [5.41, 5.74) is -0.458. The molecule has 0 saturated carbocycles. The minimum atomic E-state index is -0.918. The topological polar surface area (TPSA) is 61.8 Å². The predicted molar refractivity (Wildman–Crippen MR) is 78.1 cm³/mol. The van der Waals surface area contributed by atoms with E-state index in [9.17, 15) is 9.59 Å². The molecule has 1 aromatic carbocycles. The van der Waals surface area contributed by atoms with Gasteiger partial charge in [0, 0.05) is 5.56 Å². The third-order valence-corrected chi connectivity index (χ3v) is 3.91. The summed E-state index contributed by atoms with van der Waals surface area (Å²) in [6.45, 7) is 3.47. The number of carbonyl (C=O) groups excluding carboxylic acids is 2. The van der Waals surface area contributed by atoms with Crippen LogP contribution >= 0.6 is 23.2 Å². The summed E-state index contributed by atoms with van der Waals surface area (Å²) in [7, 11) is 0. The Kier molecular flexibility index (Phi) is 4.01. The Labute approximate surface area is 126 Å². The highest BCUT2D eigenvalue weighted by Gasteiger charge is 2.46. The summed E-state index contributed by atoms with van der Waals surface area (Å²) >= 11 is 12.0. The van der Waals surface area contributed by atoms with Gasteiger partial charge in [0.1, 0.15) is 5.54 Å². The summed E-state index contributed by atoms with van der Waals surface area (Å²) in [6.07, 6.45) is 1.79. The van der Waals surface area contributed by atoms with Gasteiger partial charge in [0.2, 0.25) is 0 Å². The Hall–Kier alpha value is -1.59. The Morgan fingerprint density at radius 2 is 1.95 bits per heavy atom. The fourth-order valence-electron chi connectivity index (χ4n) is 1.76. The lowest BCUT2D eigenvalue weighted by atomic mass is 10.00. The van der Waals surface area contributed by atoms with Crippen molar-refractivity contribution in [3.05, 3.63) is 33.8 Å². The van der Waals surface area contributed by atoms with Crippen LogP contribution in [-0.4, -0.2) is 28.7 Å². The second-order valence-electron chi connectivity index (χ2n) is 4.61. The lowest BCUT2D eigenvalue weighted by molar-refractivity contribution is -0.130. The van der Waals surface area contributed by atoms with E-state index in [0.29, 0.717) is 22.0 Å². The summed E-state index contributed by atoms with van der Waals surface area (Å²) in [5.74, 6) is -0.399. The maximum atomic E-state index is 12.1. The normalized spacial score (nSPS) is 22.7. The zero-order valence-corrected chi connectivity index (χ0v) is 12.5. The fourth-order valence-corrected chi connectivity index (χ4v) is 2.26. The average Bonchev–Trinajstić information content (AvgIpc) is 2.61. The molecule has 1 heterocycles. The van der Waals surface area contributed by atoms with Crippen molar-refractivity contribution in [2.45, 2.75) is 25.8 Å². The first-order valence-electron chi connectivity index (χ1n) is 6.03. The predicted octanol–water partition coefficient (Wildman–Crippen LogP) is 3.05. The minimum absolute atomic E-state index is 0.395. The molecule has 1 saturated heterocycles. The number of nitrogens with zero attached hydrogens (tertiary/aromatic N) is 2. The Balaban J connectivity index is 2.29. The summed E-state index contributed by atoms with van der Waals surface area (Å²) in [6, 6.07) is 4.44. The maximum Gasteiger partial charge on any atom is 0.346 e. The Bertz CT molecular complexity index is 583. The van der Waals surface area contributed by atoms with Crippen molar-refractivity contribution < 1.29 is 9.59 Å². The second kappa shape index (κ2) is 5.42. The number of nitrogens with one attached hydrogen (secondary N) is 1. The van der Waals surface area contributed by atoms with Gasteiger partial charge in [-0.2, -0.15) is 5.10 Å². The van der Waals surface area contributed by atoms with Crippen LogP contribution in [0, 0.1) is 0 Å². The molecule has 0 aromatic heterocycles. The average molecular weight is 314 g/mol. The molecule has 1 fully saturated rings. The van der Waals surface area contributed by atoms with Crippen LogP contribution in [0.3, 0.4) is 0 Å². The van der Waals surface area contributed by atoms with Gasteiger partial charge in [-0.05, 0) is 25.5 Å². The molecule has 1 aromatic rings. The number of urea groups is 1. The zero-order valence-electron chi connectivity index (χ0n) is 11.0. The van der Waals surface area contributed by atoms with Crippen molar-refractivity contribution in [2.75, 3.05) is 0 Å². The molecule has 106 valence electrons. The van der Waals surface area contributed by atoms with Gasteiger partial charge < -0.3 is 5.32 Å². The summed E-state index contributed by atoms with van der Waals surface area (Å²) in [5, 5.41) is 8.09. The second-order valence-corrected chi connectivity index (χ2v) is 5.43. The highest BCUT2D eigenvalue weighted by molar-refractivity contribution is 6.38. The monoisotopic (exact) mass is 313 g/mol. The number of carbonyl (C=O) groups is 2. The standard InChI is InChI=1S/C13H13Cl2N3O2/c1-3-13(2)11(19)18(12(20)17-13)16-7-8-9(14)5-4-6-10(8)15/h4-7H,3H2,1-2H3,(H,17,20)/t13-/m1/s1. The van der Waals surface area contributed by atoms with Gasteiger partial charge >= 0.3 is 6.03 Å². The third-order valence-electron chi connectivity index (χ3n) is 3.25. The molecule has 3 amide bonds. The van der Waals surface area contributed by atoms with Crippen molar-refractivity contribution in [1.82, 2.24) is 10.3 Å². The molecule has 5 nitrogen and oxygen atoms in total. The molecule has 1 atom stereocenters. The van der Waals surface area contributed by atoms with Crippen LogP contribution in [0.2, 0.25) is 10.0 Å². The summed E-state index contributed by atoms with van der Waals surface area (Å²) in [4.78, 5) is 23.9. The van der Waals surface area contributed by atoms with Crippen LogP contribution in [-0.2, 0) is 4.79 Å². The van der Waals surface area contributed by atoms with Gasteiger partial charge in [-0.15, -0.1) is 5.01 Å². The first-order valence-corrected chi connectivity index (χ1v) is 6.79. The van der Waals surface area contributed by atoms with Crippen LogP contribution < -0.4 is 5.32 Å². The Morgan fingerprint density at radius 3 is 2.45 bits per heavy atom. The molecule has 2 rings (SSSR count). The smallest absolute Gasteiger partial charge is 0.322 e.